The molecule has 0 saturated heterocycles. The van der Waals surface area contributed by atoms with E-state index in [0.717, 1.165) is 31.1 Å². The van der Waals surface area contributed by atoms with Crippen molar-refractivity contribution in [2.24, 2.45) is 0 Å². The van der Waals surface area contributed by atoms with Gasteiger partial charge in [-0.3, -0.25) is 4.90 Å². The lowest BCUT2D eigenvalue weighted by molar-refractivity contribution is 0.329. The Bertz CT molecular complexity index is 151. The Labute approximate surface area is 67.0 Å². The standard InChI is InChI=1S/C8H12ClN/c1-8(9)7-10-5-3-2-4-6-10/h2-3H,1,4-7H2. The van der Waals surface area contributed by atoms with E-state index in [1.165, 1.54) is 0 Å². The molecule has 1 heterocycles. The van der Waals surface area contributed by atoms with Crippen LogP contribution in [0.3, 0.4) is 0 Å². The van der Waals surface area contributed by atoms with Crippen molar-refractivity contribution in [2.45, 2.75) is 6.42 Å². The van der Waals surface area contributed by atoms with Gasteiger partial charge in [0.15, 0.2) is 0 Å². The van der Waals surface area contributed by atoms with Gasteiger partial charge in [-0.25, -0.2) is 0 Å². The largest absolute Gasteiger partial charge is 0.294 e. The summed E-state index contributed by atoms with van der Waals surface area (Å²) in [6.45, 7) is 6.61. The van der Waals surface area contributed by atoms with Gasteiger partial charge < -0.3 is 0 Å². The molecule has 0 fully saturated rings. The SMILES string of the molecule is C=C(Cl)CN1CC=CCC1. The summed E-state index contributed by atoms with van der Waals surface area (Å²) in [6, 6.07) is 0. The third-order valence-electron chi connectivity index (χ3n) is 1.54. The molecular formula is C8H12ClN. The number of hydrogen-bond acceptors (Lipinski definition) is 1. The fraction of sp³-hybridized carbons (Fsp3) is 0.500. The summed E-state index contributed by atoms with van der Waals surface area (Å²) < 4.78 is 0. The van der Waals surface area contributed by atoms with Gasteiger partial charge in [-0.15, -0.1) is 0 Å². The van der Waals surface area contributed by atoms with Gasteiger partial charge in [0.05, 0.1) is 0 Å². The highest BCUT2D eigenvalue weighted by Crippen LogP contribution is 2.05. The topological polar surface area (TPSA) is 3.24 Å². The Morgan fingerprint density at radius 3 is 2.90 bits per heavy atom. The molecule has 2 heteroatoms. The van der Waals surface area contributed by atoms with Crippen molar-refractivity contribution < 1.29 is 0 Å². The Hall–Kier alpha value is -0.270. The summed E-state index contributed by atoms with van der Waals surface area (Å²) in [4.78, 5) is 2.27. The first-order valence-electron chi connectivity index (χ1n) is 3.49. The van der Waals surface area contributed by atoms with Crippen molar-refractivity contribution in [3.63, 3.8) is 0 Å². The summed E-state index contributed by atoms with van der Waals surface area (Å²) in [5.74, 6) is 0. The fourth-order valence-electron chi connectivity index (χ4n) is 1.08. The summed E-state index contributed by atoms with van der Waals surface area (Å²) in [5, 5.41) is 0.732. The van der Waals surface area contributed by atoms with Gasteiger partial charge in [0.1, 0.15) is 0 Å². The van der Waals surface area contributed by atoms with Crippen LogP contribution in [0.1, 0.15) is 6.42 Å². The predicted molar refractivity (Wildman–Crippen MR) is 45.2 cm³/mol. The van der Waals surface area contributed by atoms with Crippen molar-refractivity contribution in [3.05, 3.63) is 23.8 Å². The normalized spacial score (nSPS) is 19.3. The molecule has 0 aliphatic carbocycles. The number of rotatable bonds is 2. The minimum Gasteiger partial charge on any atom is -0.294 e. The van der Waals surface area contributed by atoms with Crippen molar-refractivity contribution in [3.8, 4) is 0 Å². The lowest BCUT2D eigenvalue weighted by Gasteiger charge is -2.21. The van der Waals surface area contributed by atoms with E-state index >= 15 is 0 Å². The second-order valence-electron chi connectivity index (χ2n) is 2.51. The van der Waals surface area contributed by atoms with E-state index in [1.807, 2.05) is 0 Å². The molecule has 10 heavy (non-hydrogen) atoms. The second-order valence-corrected chi connectivity index (χ2v) is 3.05. The highest BCUT2D eigenvalue weighted by atomic mass is 35.5. The molecule has 0 unspecified atom stereocenters. The molecule has 0 atom stereocenters. The zero-order valence-electron chi connectivity index (χ0n) is 6.02. The average Bonchev–Trinajstić information content (AvgIpc) is 1.88. The van der Waals surface area contributed by atoms with E-state index in [-0.39, 0.29) is 0 Å². The smallest absolute Gasteiger partial charge is 0.0339 e. The van der Waals surface area contributed by atoms with Crippen LogP contribution in [0, 0.1) is 0 Å². The average molecular weight is 158 g/mol. The van der Waals surface area contributed by atoms with E-state index in [4.69, 9.17) is 11.6 Å². The zero-order chi connectivity index (χ0) is 7.40. The molecule has 1 nitrogen and oxygen atoms in total. The third kappa shape index (κ3) is 2.54. The maximum atomic E-state index is 5.65. The van der Waals surface area contributed by atoms with Crippen molar-refractivity contribution in [1.82, 2.24) is 4.90 Å². The molecule has 0 N–H and O–H groups in total. The van der Waals surface area contributed by atoms with Gasteiger partial charge in [0, 0.05) is 24.7 Å². The maximum Gasteiger partial charge on any atom is 0.0339 e. The molecule has 0 amide bonds. The Morgan fingerprint density at radius 2 is 2.40 bits per heavy atom. The van der Waals surface area contributed by atoms with Crippen LogP contribution in [0.25, 0.3) is 0 Å². The van der Waals surface area contributed by atoms with E-state index in [2.05, 4.69) is 23.6 Å². The molecule has 0 aromatic carbocycles. The van der Waals surface area contributed by atoms with Crippen LogP contribution in [0.4, 0.5) is 0 Å². The summed E-state index contributed by atoms with van der Waals surface area (Å²) in [6.07, 6.45) is 5.51. The first-order valence-corrected chi connectivity index (χ1v) is 3.87. The van der Waals surface area contributed by atoms with Gasteiger partial charge in [-0.05, 0) is 6.42 Å². The lowest BCUT2D eigenvalue weighted by atomic mass is 10.2. The number of halogens is 1. The van der Waals surface area contributed by atoms with E-state index in [1.54, 1.807) is 0 Å². The molecule has 0 radical (unpaired) electrons. The van der Waals surface area contributed by atoms with Crippen LogP contribution in [0.15, 0.2) is 23.8 Å². The molecule has 56 valence electrons. The van der Waals surface area contributed by atoms with Crippen LogP contribution in [-0.2, 0) is 0 Å². The van der Waals surface area contributed by atoms with Crippen LogP contribution in [-0.4, -0.2) is 24.5 Å². The Balaban J connectivity index is 2.28. The highest BCUT2D eigenvalue weighted by molar-refractivity contribution is 6.29. The van der Waals surface area contributed by atoms with Crippen molar-refractivity contribution in [1.29, 1.82) is 0 Å². The maximum absolute atomic E-state index is 5.65. The van der Waals surface area contributed by atoms with Gasteiger partial charge in [0.25, 0.3) is 0 Å². The van der Waals surface area contributed by atoms with Gasteiger partial charge in [-0.1, -0.05) is 30.3 Å². The summed E-state index contributed by atoms with van der Waals surface area (Å²) in [7, 11) is 0. The fourth-order valence-corrected chi connectivity index (χ4v) is 1.25. The molecule has 0 aromatic heterocycles. The molecule has 0 spiro atoms. The summed E-state index contributed by atoms with van der Waals surface area (Å²) >= 11 is 5.65. The van der Waals surface area contributed by atoms with Gasteiger partial charge in [-0.2, -0.15) is 0 Å². The van der Waals surface area contributed by atoms with Gasteiger partial charge in [0.2, 0.25) is 0 Å². The number of hydrogen-bond donors (Lipinski definition) is 0. The first kappa shape index (κ1) is 7.83. The van der Waals surface area contributed by atoms with Crippen molar-refractivity contribution in [2.75, 3.05) is 19.6 Å². The van der Waals surface area contributed by atoms with E-state index < -0.39 is 0 Å². The first-order chi connectivity index (χ1) is 4.79. The third-order valence-corrected chi connectivity index (χ3v) is 1.66. The van der Waals surface area contributed by atoms with Crippen molar-refractivity contribution >= 4 is 11.6 Å². The van der Waals surface area contributed by atoms with E-state index in [0.29, 0.717) is 0 Å². The Kier molecular flexibility index (Phi) is 2.97. The van der Waals surface area contributed by atoms with Crippen LogP contribution in [0.5, 0.6) is 0 Å². The minimum absolute atomic E-state index is 0.732. The molecule has 1 aliphatic rings. The predicted octanol–water partition coefficient (Wildman–Crippen LogP) is 2.00. The molecule has 1 rings (SSSR count). The highest BCUT2D eigenvalue weighted by Gasteiger charge is 2.04. The molecular weight excluding hydrogens is 146 g/mol. The summed E-state index contributed by atoms with van der Waals surface area (Å²) in [5.41, 5.74) is 0. The zero-order valence-corrected chi connectivity index (χ0v) is 6.77. The molecule has 1 aliphatic heterocycles. The molecule has 0 bridgehead atoms. The van der Waals surface area contributed by atoms with Gasteiger partial charge >= 0.3 is 0 Å². The molecule has 0 aromatic rings. The van der Waals surface area contributed by atoms with E-state index in [9.17, 15) is 0 Å². The number of nitrogens with zero attached hydrogens (tertiary/aromatic N) is 1. The monoisotopic (exact) mass is 157 g/mol. The van der Waals surface area contributed by atoms with Crippen LogP contribution in [0.2, 0.25) is 0 Å². The second kappa shape index (κ2) is 3.79. The quantitative estimate of drug-likeness (QED) is 0.555. The van der Waals surface area contributed by atoms with Crippen LogP contribution >= 0.6 is 11.6 Å². The minimum atomic E-state index is 0.732. The lowest BCUT2D eigenvalue weighted by Crippen LogP contribution is -2.28. The molecule has 0 saturated carbocycles. The van der Waals surface area contributed by atoms with Crippen LogP contribution < -0.4 is 0 Å². The Morgan fingerprint density at radius 1 is 1.60 bits per heavy atom.